The van der Waals surface area contributed by atoms with Gasteiger partial charge >= 0.3 is 0 Å². The predicted octanol–water partition coefficient (Wildman–Crippen LogP) is 14.8. The zero-order chi connectivity index (χ0) is 33.0. The minimum Gasteiger partial charge on any atom is -0.0776 e. The molecule has 0 saturated carbocycles. The maximum absolute atomic E-state index is 2.39. The molecule has 0 aliphatic heterocycles. The Bertz CT molecular complexity index is 2700. The van der Waals surface area contributed by atoms with Crippen molar-refractivity contribution in [3.63, 3.8) is 0 Å². The lowest BCUT2D eigenvalue weighted by molar-refractivity contribution is 1.64. The number of benzene rings is 10. The highest BCUT2D eigenvalue weighted by Crippen LogP contribution is 2.53. The van der Waals surface area contributed by atoms with Gasteiger partial charge in [-0.3, -0.25) is 0 Å². The van der Waals surface area contributed by atoms with E-state index < -0.39 is 0 Å². The fraction of sp³-hybridized carbons (Fsp3) is 0.0196. The fourth-order valence-corrected chi connectivity index (χ4v) is 8.23. The Morgan fingerprint density at radius 1 is 0.216 bits per heavy atom. The van der Waals surface area contributed by atoms with E-state index in [2.05, 4.69) is 194 Å². The van der Waals surface area contributed by atoms with Gasteiger partial charge in [-0.1, -0.05) is 189 Å². The molecule has 0 unspecified atom stereocenters. The molecule has 51 heavy (non-hydrogen) atoms. The highest BCUT2D eigenvalue weighted by atomic mass is 14.3. The second-order valence-corrected chi connectivity index (χ2v) is 13.2. The van der Waals surface area contributed by atoms with Crippen molar-refractivity contribution in [3.05, 3.63) is 194 Å². The molecule has 0 spiro atoms. The van der Waals surface area contributed by atoms with Crippen LogP contribution in [-0.4, -0.2) is 0 Å². The van der Waals surface area contributed by atoms with E-state index in [1.165, 1.54) is 98.4 Å². The minimum absolute atomic E-state index is 0. The Labute approximate surface area is 298 Å². The zero-order valence-electron chi connectivity index (χ0n) is 27.5. The van der Waals surface area contributed by atoms with Gasteiger partial charge in [-0.25, -0.2) is 0 Å². The van der Waals surface area contributed by atoms with Crippen molar-refractivity contribution in [2.24, 2.45) is 0 Å². The summed E-state index contributed by atoms with van der Waals surface area (Å²) in [7, 11) is 0. The van der Waals surface area contributed by atoms with E-state index in [0.717, 1.165) is 0 Å². The minimum atomic E-state index is 0. The van der Waals surface area contributed by atoms with E-state index in [4.69, 9.17) is 0 Å². The van der Waals surface area contributed by atoms with Crippen molar-refractivity contribution < 1.29 is 0 Å². The summed E-state index contributed by atoms with van der Waals surface area (Å²) in [5.74, 6) is 0. The average Bonchev–Trinajstić information content (AvgIpc) is 3.19. The lowest BCUT2D eigenvalue weighted by atomic mass is 9.77. The predicted molar refractivity (Wildman–Crippen MR) is 222 cm³/mol. The van der Waals surface area contributed by atoms with Crippen LogP contribution in [0, 0.1) is 0 Å². The molecule has 10 rings (SSSR count). The van der Waals surface area contributed by atoms with E-state index >= 15 is 0 Å². The molecule has 10 aromatic rings. The Kier molecular flexibility index (Phi) is 7.45. The Hall–Kier alpha value is -6.50. The van der Waals surface area contributed by atoms with Crippen LogP contribution in [0.3, 0.4) is 0 Å². The first-order valence-electron chi connectivity index (χ1n) is 17.4. The van der Waals surface area contributed by atoms with E-state index in [1.807, 2.05) is 0 Å². The van der Waals surface area contributed by atoms with Gasteiger partial charge in [0, 0.05) is 0 Å². The molecule has 0 amide bonds. The molecule has 0 aromatic heterocycles. The third kappa shape index (κ3) is 4.91. The molecule has 0 N–H and O–H groups in total. The van der Waals surface area contributed by atoms with Crippen molar-refractivity contribution in [2.75, 3.05) is 0 Å². The van der Waals surface area contributed by atoms with E-state index in [0.29, 0.717) is 0 Å². The van der Waals surface area contributed by atoms with Gasteiger partial charge in [-0.15, -0.1) is 0 Å². The number of hydrogen-bond acceptors (Lipinski definition) is 0. The lowest BCUT2D eigenvalue weighted by Gasteiger charge is -2.25. The molecule has 0 heteroatoms. The summed E-state index contributed by atoms with van der Waals surface area (Å²) < 4.78 is 0. The molecule has 240 valence electrons. The fourth-order valence-electron chi connectivity index (χ4n) is 8.23. The molecule has 0 radical (unpaired) electrons. The van der Waals surface area contributed by atoms with Gasteiger partial charge in [-0.2, -0.15) is 0 Å². The summed E-state index contributed by atoms with van der Waals surface area (Å²) >= 11 is 0. The molecule has 0 aliphatic carbocycles. The molecule has 0 aliphatic rings. The summed E-state index contributed by atoms with van der Waals surface area (Å²) in [6, 6.07) is 71.5. The third-order valence-electron chi connectivity index (χ3n) is 10.4. The zero-order valence-corrected chi connectivity index (χ0v) is 27.5. The van der Waals surface area contributed by atoms with Crippen molar-refractivity contribution in [2.45, 2.75) is 7.43 Å². The first-order chi connectivity index (χ1) is 24.8. The summed E-state index contributed by atoms with van der Waals surface area (Å²) in [5, 5.41) is 12.6. The molecule has 0 fully saturated rings. The smallest absolute Gasteiger partial charge is 0.000139 e. The van der Waals surface area contributed by atoms with Crippen LogP contribution in [0.25, 0.3) is 98.4 Å². The molecular formula is C51H36. The topological polar surface area (TPSA) is 0 Å². The second kappa shape index (κ2) is 12.4. The number of hydrogen-bond donors (Lipinski definition) is 0. The third-order valence-corrected chi connectivity index (χ3v) is 10.4. The highest BCUT2D eigenvalue weighted by molar-refractivity contribution is 6.34. The van der Waals surface area contributed by atoms with Crippen LogP contribution in [0.5, 0.6) is 0 Å². The first-order valence-corrected chi connectivity index (χ1v) is 17.4. The van der Waals surface area contributed by atoms with E-state index in [9.17, 15) is 0 Å². The monoisotopic (exact) mass is 648 g/mol. The number of rotatable bonds is 4. The van der Waals surface area contributed by atoms with Gasteiger partial charge in [0.25, 0.3) is 0 Å². The molecule has 0 saturated heterocycles. The normalized spacial score (nSPS) is 11.4. The summed E-state index contributed by atoms with van der Waals surface area (Å²) in [6.45, 7) is 0. The maximum atomic E-state index is 2.39. The second-order valence-electron chi connectivity index (χ2n) is 13.2. The highest BCUT2D eigenvalue weighted by Gasteiger charge is 2.26. The van der Waals surface area contributed by atoms with Crippen molar-refractivity contribution in [1.82, 2.24) is 0 Å². The van der Waals surface area contributed by atoms with Crippen LogP contribution in [0.4, 0.5) is 0 Å². The van der Waals surface area contributed by atoms with Gasteiger partial charge < -0.3 is 0 Å². The Morgan fingerprint density at radius 3 is 0.882 bits per heavy atom. The van der Waals surface area contributed by atoms with Gasteiger partial charge in [0.1, 0.15) is 0 Å². The Balaban J connectivity index is 0.00000348. The molecule has 0 nitrogen and oxygen atoms in total. The SMILES string of the molecule is C.c1ccc(-c2c3ccccc3c(-c3ccccc3)c3c(-c4ccc5ccccc5c4)c4ccccc4c(-c4ccc5ccccc5c4)c23)cc1. The van der Waals surface area contributed by atoms with E-state index in [1.54, 1.807) is 0 Å². The standard InChI is InChI=1S/C50H32.CH4/c1-3-17-35(18-4-1)45-41-23-11-12-24-42(41)46(36-19-5-2-6-20-36)50-48(40-30-28-34-16-8-10-22-38(34)32-40)44-26-14-13-25-43(44)47(49(45)50)39-29-27-33-15-7-9-21-37(33)31-39;/h1-32H;1H4. The van der Waals surface area contributed by atoms with E-state index in [-0.39, 0.29) is 7.43 Å². The molecule has 0 bridgehead atoms. The van der Waals surface area contributed by atoms with Crippen molar-refractivity contribution >= 4 is 53.9 Å². The maximum Gasteiger partial charge on any atom is -0.000139 e. The molecule has 0 heterocycles. The molecular weight excluding hydrogens is 613 g/mol. The van der Waals surface area contributed by atoms with Crippen LogP contribution in [0.2, 0.25) is 0 Å². The van der Waals surface area contributed by atoms with Crippen LogP contribution in [0.15, 0.2) is 194 Å². The largest absolute Gasteiger partial charge is 0.0776 e. The van der Waals surface area contributed by atoms with Gasteiger partial charge in [0.05, 0.1) is 0 Å². The summed E-state index contributed by atoms with van der Waals surface area (Å²) in [5.41, 5.74) is 9.96. The van der Waals surface area contributed by atoms with Gasteiger partial charge in [0.2, 0.25) is 0 Å². The molecule has 0 atom stereocenters. The quantitative estimate of drug-likeness (QED) is 0.167. The number of fused-ring (bicyclic) bond motifs is 5. The van der Waals surface area contributed by atoms with Crippen molar-refractivity contribution in [3.8, 4) is 44.5 Å². The van der Waals surface area contributed by atoms with Crippen molar-refractivity contribution in [1.29, 1.82) is 0 Å². The van der Waals surface area contributed by atoms with Gasteiger partial charge in [-0.05, 0) is 111 Å². The lowest BCUT2D eigenvalue weighted by Crippen LogP contribution is -1.97. The van der Waals surface area contributed by atoms with Crippen LogP contribution >= 0.6 is 0 Å². The Morgan fingerprint density at radius 2 is 0.510 bits per heavy atom. The average molecular weight is 649 g/mol. The van der Waals surface area contributed by atoms with Crippen LogP contribution in [-0.2, 0) is 0 Å². The molecule has 10 aromatic carbocycles. The summed E-state index contributed by atoms with van der Waals surface area (Å²) in [4.78, 5) is 0. The van der Waals surface area contributed by atoms with Gasteiger partial charge in [0.15, 0.2) is 0 Å². The van der Waals surface area contributed by atoms with Crippen LogP contribution < -0.4 is 0 Å². The first kappa shape index (κ1) is 30.6. The summed E-state index contributed by atoms with van der Waals surface area (Å²) in [6.07, 6.45) is 0. The van der Waals surface area contributed by atoms with Crippen LogP contribution in [0.1, 0.15) is 7.43 Å².